The van der Waals surface area contributed by atoms with E-state index in [0.29, 0.717) is 18.8 Å². The van der Waals surface area contributed by atoms with E-state index in [9.17, 15) is 14.4 Å². The van der Waals surface area contributed by atoms with E-state index in [1.807, 2.05) is 48.7 Å². The predicted molar refractivity (Wildman–Crippen MR) is 110 cm³/mol. The highest BCUT2D eigenvalue weighted by Crippen LogP contribution is 2.26. The summed E-state index contributed by atoms with van der Waals surface area (Å²) >= 11 is 1.55. The molecule has 0 spiro atoms. The summed E-state index contributed by atoms with van der Waals surface area (Å²) in [4.78, 5) is 43.5. The van der Waals surface area contributed by atoms with Crippen molar-refractivity contribution in [3.63, 3.8) is 0 Å². The molecule has 1 aromatic heterocycles. The van der Waals surface area contributed by atoms with Crippen LogP contribution < -0.4 is 4.90 Å². The van der Waals surface area contributed by atoms with Gasteiger partial charge in [-0.15, -0.1) is 17.9 Å². The summed E-state index contributed by atoms with van der Waals surface area (Å²) < 4.78 is 0. The van der Waals surface area contributed by atoms with E-state index in [0.717, 1.165) is 15.3 Å². The van der Waals surface area contributed by atoms with Gasteiger partial charge in [0.2, 0.25) is 5.91 Å². The van der Waals surface area contributed by atoms with Crippen LogP contribution in [-0.2, 0) is 16.1 Å². The minimum atomic E-state index is -0.645. The second-order valence-corrected chi connectivity index (χ2v) is 7.76. The number of anilines is 1. The fraction of sp³-hybridized carbons (Fsp3) is 0.286. The molecule has 1 fully saturated rings. The van der Waals surface area contributed by atoms with Crippen molar-refractivity contribution in [3.8, 4) is 0 Å². The molecule has 6 nitrogen and oxygen atoms in total. The Morgan fingerprint density at radius 1 is 1.25 bits per heavy atom. The summed E-state index contributed by atoms with van der Waals surface area (Å²) in [5, 5.41) is 1.94. The average molecular weight is 398 g/mol. The normalized spacial score (nSPS) is 16.6. The van der Waals surface area contributed by atoms with Crippen molar-refractivity contribution in [1.82, 2.24) is 9.80 Å². The molecule has 1 unspecified atom stereocenters. The van der Waals surface area contributed by atoms with Crippen LogP contribution in [0.5, 0.6) is 0 Å². The molecule has 0 bridgehead atoms. The molecule has 2 heterocycles. The highest BCUT2D eigenvalue weighted by molar-refractivity contribution is 7.09. The largest absolute Gasteiger partial charge is 0.332 e. The van der Waals surface area contributed by atoms with Crippen LogP contribution in [-0.4, -0.2) is 46.8 Å². The van der Waals surface area contributed by atoms with E-state index < -0.39 is 12.1 Å². The topological polar surface area (TPSA) is 60.9 Å². The van der Waals surface area contributed by atoms with Gasteiger partial charge in [0.15, 0.2) is 0 Å². The molecule has 0 aliphatic carbocycles. The van der Waals surface area contributed by atoms with Crippen molar-refractivity contribution in [1.29, 1.82) is 0 Å². The Bertz CT molecular complexity index is 877. The number of aryl methyl sites for hydroxylation is 1. The summed E-state index contributed by atoms with van der Waals surface area (Å²) in [5.41, 5.74) is 1.71. The van der Waals surface area contributed by atoms with E-state index in [1.165, 1.54) is 4.90 Å². The Hall–Kier alpha value is -2.93. The van der Waals surface area contributed by atoms with E-state index >= 15 is 0 Å². The Morgan fingerprint density at radius 3 is 2.57 bits per heavy atom. The number of thiophene rings is 1. The number of carbonyl (C=O) groups is 3. The van der Waals surface area contributed by atoms with E-state index in [-0.39, 0.29) is 18.4 Å². The van der Waals surface area contributed by atoms with Gasteiger partial charge in [0, 0.05) is 17.1 Å². The minimum absolute atomic E-state index is 0.274. The zero-order valence-corrected chi connectivity index (χ0v) is 16.8. The Morgan fingerprint density at radius 2 is 1.96 bits per heavy atom. The number of benzene rings is 1. The van der Waals surface area contributed by atoms with Gasteiger partial charge in [0.25, 0.3) is 5.91 Å². The average Bonchev–Trinajstić information content (AvgIpc) is 3.25. The van der Waals surface area contributed by atoms with Gasteiger partial charge in [-0.05, 0) is 37.4 Å². The van der Waals surface area contributed by atoms with Crippen LogP contribution in [0.1, 0.15) is 17.4 Å². The van der Waals surface area contributed by atoms with Crippen molar-refractivity contribution in [3.05, 3.63) is 64.9 Å². The van der Waals surface area contributed by atoms with Crippen molar-refractivity contribution in [2.24, 2.45) is 0 Å². The van der Waals surface area contributed by atoms with Crippen LogP contribution in [0.3, 0.4) is 0 Å². The first-order chi connectivity index (χ1) is 13.4. The third kappa shape index (κ3) is 3.99. The first-order valence-electron chi connectivity index (χ1n) is 9.04. The van der Waals surface area contributed by atoms with Crippen LogP contribution in [0.4, 0.5) is 10.5 Å². The van der Waals surface area contributed by atoms with Gasteiger partial charge in [-0.25, -0.2) is 4.79 Å². The van der Waals surface area contributed by atoms with Crippen LogP contribution in [0.15, 0.2) is 54.4 Å². The second kappa shape index (κ2) is 8.39. The molecule has 28 heavy (non-hydrogen) atoms. The summed E-state index contributed by atoms with van der Waals surface area (Å²) in [7, 11) is 0. The van der Waals surface area contributed by atoms with Crippen LogP contribution in [0.25, 0.3) is 0 Å². The quantitative estimate of drug-likeness (QED) is 0.531. The lowest BCUT2D eigenvalue weighted by Crippen LogP contribution is -2.43. The minimum Gasteiger partial charge on any atom is -0.332 e. The van der Waals surface area contributed by atoms with E-state index in [4.69, 9.17) is 0 Å². The summed E-state index contributed by atoms with van der Waals surface area (Å²) in [6.07, 6.45) is 1.64. The Labute approximate surface area is 168 Å². The molecule has 146 valence electrons. The number of carbonyl (C=O) groups excluding carboxylic acids is 3. The number of rotatable bonds is 7. The molecule has 2 aromatic rings. The Kier molecular flexibility index (Phi) is 5.94. The van der Waals surface area contributed by atoms with Gasteiger partial charge >= 0.3 is 6.03 Å². The molecule has 1 atom stereocenters. The first-order valence-corrected chi connectivity index (χ1v) is 9.92. The second-order valence-electron chi connectivity index (χ2n) is 6.73. The van der Waals surface area contributed by atoms with Crippen molar-refractivity contribution in [2.45, 2.75) is 26.4 Å². The molecule has 0 N–H and O–H groups in total. The van der Waals surface area contributed by atoms with Gasteiger partial charge in [0.05, 0.1) is 6.54 Å². The maximum atomic E-state index is 12.9. The summed E-state index contributed by atoms with van der Waals surface area (Å²) in [5.74, 6) is -0.651. The third-order valence-electron chi connectivity index (χ3n) is 4.68. The predicted octanol–water partition coefficient (Wildman–Crippen LogP) is 3.43. The maximum absolute atomic E-state index is 12.9. The van der Waals surface area contributed by atoms with Crippen molar-refractivity contribution >= 4 is 34.9 Å². The summed E-state index contributed by atoms with van der Waals surface area (Å²) in [6, 6.07) is 10.2. The number of amides is 4. The van der Waals surface area contributed by atoms with Gasteiger partial charge in [-0.3, -0.25) is 19.4 Å². The number of urea groups is 1. The van der Waals surface area contributed by atoms with Gasteiger partial charge in [-0.2, -0.15) is 0 Å². The van der Waals surface area contributed by atoms with Gasteiger partial charge in [-0.1, -0.05) is 29.8 Å². The highest BCUT2D eigenvalue weighted by atomic mass is 32.1. The molecule has 0 saturated carbocycles. The van der Waals surface area contributed by atoms with Gasteiger partial charge < -0.3 is 4.90 Å². The summed E-state index contributed by atoms with van der Waals surface area (Å²) in [6.45, 7) is 7.84. The lowest BCUT2D eigenvalue weighted by Gasteiger charge is -2.23. The van der Waals surface area contributed by atoms with E-state index in [1.54, 1.807) is 29.2 Å². The molecule has 0 radical (unpaired) electrons. The molecule has 1 saturated heterocycles. The zero-order valence-electron chi connectivity index (χ0n) is 16.0. The lowest BCUT2D eigenvalue weighted by atomic mass is 10.2. The van der Waals surface area contributed by atoms with Crippen LogP contribution in [0.2, 0.25) is 0 Å². The molecule has 7 heteroatoms. The van der Waals surface area contributed by atoms with Crippen LogP contribution >= 0.6 is 11.3 Å². The standard InChI is InChI=1S/C21H23N3O3S/c1-4-11-22(13-18-6-5-12-28-18)19(25)14-23-20(26)16(3)24(21(23)27)17-9-7-15(2)8-10-17/h4-10,12,16H,1,11,13-14H2,2-3H3. The number of nitrogens with zero attached hydrogens (tertiary/aromatic N) is 3. The number of imide groups is 1. The third-order valence-corrected chi connectivity index (χ3v) is 5.54. The smallest absolute Gasteiger partial charge is 0.332 e. The van der Waals surface area contributed by atoms with Crippen molar-refractivity contribution < 1.29 is 14.4 Å². The fourth-order valence-electron chi connectivity index (χ4n) is 3.15. The lowest BCUT2D eigenvalue weighted by molar-refractivity contribution is -0.137. The monoisotopic (exact) mass is 397 g/mol. The number of hydrogen-bond acceptors (Lipinski definition) is 4. The molecule has 3 rings (SSSR count). The SMILES string of the molecule is C=CCN(Cc1cccs1)C(=O)CN1C(=O)C(C)N(c2ccc(C)cc2)C1=O. The van der Waals surface area contributed by atoms with E-state index in [2.05, 4.69) is 6.58 Å². The van der Waals surface area contributed by atoms with Crippen LogP contribution in [0, 0.1) is 6.92 Å². The Balaban J connectivity index is 1.75. The first kappa shape index (κ1) is 19.8. The fourth-order valence-corrected chi connectivity index (χ4v) is 3.87. The molecule has 4 amide bonds. The molecule has 1 aliphatic heterocycles. The molecular formula is C21H23N3O3S. The molecular weight excluding hydrogens is 374 g/mol. The molecule has 1 aromatic carbocycles. The van der Waals surface area contributed by atoms with Gasteiger partial charge in [0.1, 0.15) is 12.6 Å². The van der Waals surface area contributed by atoms with Crippen molar-refractivity contribution in [2.75, 3.05) is 18.0 Å². The highest BCUT2D eigenvalue weighted by Gasteiger charge is 2.44. The zero-order chi connectivity index (χ0) is 20.3. The number of hydrogen-bond donors (Lipinski definition) is 0. The molecule has 1 aliphatic rings. The maximum Gasteiger partial charge on any atom is 0.332 e.